The number of anilines is 1. The van der Waals surface area contributed by atoms with Crippen molar-refractivity contribution in [3.05, 3.63) is 11.1 Å². The first-order valence-electron chi connectivity index (χ1n) is 9.75. The van der Waals surface area contributed by atoms with E-state index in [1.165, 1.54) is 28.0 Å². The van der Waals surface area contributed by atoms with Gasteiger partial charge in [-0.15, -0.1) is 23.1 Å². The summed E-state index contributed by atoms with van der Waals surface area (Å²) in [5.74, 6) is -0.150. The third kappa shape index (κ3) is 4.22. The highest BCUT2D eigenvalue weighted by Crippen LogP contribution is 2.50. The first-order chi connectivity index (χ1) is 14.7. The maximum absolute atomic E-state index is 13.0. The van der Waals surface area contributed by atoms with Gasteiger partial charge in [-0.05, 0) is 38.2 Å². The van der Waals surface area contributed by atoms with Crippen LogP contribution in [0.2, 0.25) is 0 Å². The number of carbonyl (C=O) groups excluding carboxylic acids is 2. The third-order valence-corrected chi connectivity index (χ3v) is 8.70. The number of fused-ring (bicyclic) bond motifs is 1. The van der Waals surface area contributed by atoms with Gasteiger partial charge >= 0.3 is 5.97 Å². The van der Waals surface area contributed by atoms with E-state index in [1.54, 1.807) is 19.2 Å². The number of nitrogens with zero attached hydrogens (tertiary/aromatic N) is 3. The summed E-state index contributed by atoms with van der Waals surface area (Å²) in [5, 5.41) is 17.8. The number of amides is 2. The number of thioether (sulfide) groups is 2. The third-order valence-electron chi connectivity index (χ3n) is 5.40. The molecule has 0 spiro atoms. The second kappa shape index (κ2) is 8.51. The van der Waals surface area contributed by atoms with E-state index < -0.39 is 40.0 Å². The smallest absolute Gasteiger partial charge is 0.327 e. The molecule has 2 amide bonds. The lowest BCUT2D eigenvalue weighted by Crippen LogP contribution is -2.71. The molecule has 0 aromatic carbocycles. The predicted octanol–water partition coefficient (Wildman–Crippen LogP) is 0.973. The van der Waals surface area contributed by atoms with E-state index >= 15 is 0 Å². The number of nitrogen functional groups attached to an aromatic ring is 1. The Morgan fingerprint density at radius 1 is 1.39 bits per heavy atom. The molecule has 3 saturated heterocycles. The van der Waals surface area contributed by atoms with E-state index in [4.69, 9.17) is 10.6 Å². The Morgan fingerprint density at radius 2 is 2.10 bits per heavy atom. The van der Waals surface area contributed by atoms with Crippen LogP contribution in [-0.4, -0.2) is 78.3 Å². The van der Waals surface area contributed by atoms with Crippen molar-refractivity contribution in [2.45, 2.75) is 55.0 Å². The number of carboxylic acid groups (broad SMARTS) is 1. The van der Waals surface area contributed by atoms with Gasteiger partial charge in [-0.2, -0.15) is 11.8 Å². The van der Waals surface area contributed by atoms with Gasteiger partial charge in [0.15, 0.2) is 10.8 Å². The Balaban J connectivity index is 1.50. The average molecular weight is 486 g/mol. The molecule has 10 nitrogen and oxygen atoms in total. The molecule has 31 heavy (non-hydrogen) atoms. The number of β-lactam (4-membered cyclic amide) rings is 1. The second-order valence-electron chi connectivity index (χ2n) is 7.98. The number of nitrogens with one attached hydrogen (secondary N) is 1. The largest absolute Gasteiger partial charge is 0.480 e. The van der Waals surface area contributed by atoms with Crippen LogP contribution in [0.1, 0.15) is 32.4 Å². The van der Waals surface area contributed by atoms with Crippen molar-refractivity contribution >= 4 is 63.5 Å². The highest BCUT2D eigenvalue weighted by molar-refractivity contribution is 8.01. The van der Waals surface area contributed by atoms with E-state index in [0.717, 1.165) is 24.3 Å². The SMILES string of the molecule is CC1(C)S[C@@H]2[C@@H](NC(=O)/C(=N\OC3CCSCC3)c3csc(N)n3)C(=O)N2[C@H]1C(=O)O. The van der Waals surface area contributed by atoms with E-state index in [1.807, 2.05) is 11.8 Å². The molecule has 13 heteroatoms. The summed E-state index contributed by atoms with van der Waals surface area (Å²) in [6.07, 6.45) is 1.59. The van der Waals surface area contributed by atoms with Crippen LogP contribution in [0.15, 0.2) is 10.5 Å². The van der Waals surface area contributed by atoms with Crippen LogP contribution in [0.4, 0.5) is 5.13 Å². The Bertz CT molecular complexity index is 929. The van der Waals surface area contributed by atoms with Crippen molar-refractivity contribution in [3.8, 4) is 0 Å². The standard InChI is InChI=1S/C18H23N5O5S3/c1-18(2)12(16(26)27)23-14(25)11(15(23)31-18)21-13(24)10(9-7-30-17(19)20-9)22-28-8-3-5-29-6-4-8/h7-8,11-12,15H,3-6H2,1-2H3,(H2,19,20)(H,21,24)(H,26,27)/b22-10-/t11-,12-,15+/m0/s1. The normalized spacial score (nSPS) is 28.1. The number of carboxylic acids is 1. The molecule has 3 aliphatic rings. The summed E-state index contributed by atoms with van der Waals surface area (Å²) in [6, 6.07) is -1.78. The first-order valence-corrected chi connectivity index (χ1v) is 12.7. The quantitative estimate of drug-likeness (QED) is 0.305. The van der Waals surface area contributed by atoms with Crippen LogP contribution in [0, 0.1) is 0 Å². The molecule has 0 radical (unpaired) electrons. The maximum Gasteiger partial charge on any atom is 0.327 e. The molecular formula is C18H23N5O5S3. The Labute approximate surface area is 191 Å². The van der Waals surface area contributed by atoms with Gasteiger partial charge in [0.25, 0.3) is 5.91 Å². The summed E-state index contributed by atoms with van der Waals surface area (Å²) in [4.78, 5) is 48.5. The number of carbonyl (C=O) groups is 3. The Hall–Kier alpha value is -1.99. The van der Waals surface area contributed by atoms with Crippen LogP contribution in [0.3, 0.4) is 0 Å². The van der Waals surface area contributed by atoms with Crippen LogP contribution >= 0.6 is 34.9 Å². The molecule has 4 rings (SSSR count). The van der Waals surface area contributed by atoms with E-state index in [-0.39, 0.29) is 22.6 Å². The molecule has 0 saturated carbocycles. The van der Waals surface area contributed by atoms with Crippen LogP contribution in [0.25, 0.3) is 0 Å². The highest BCUT2D eigenvalue weighted by Gasteiger charge is 2.64. The summed E-state index contributed by atoms with van der Waals surface area (Å²) in [5.41, 5.74) is 5.94. The van der Waals surface area contributed by atoms with Gasteiger partial charge in [0.05, 0.1) is 0 Å². The average Bonchev–Trinajstić information content (AvgIpc) is 3.25. The van der Waals surface area contributed by atoms with Crippen LogP contribution in [0.5, 0.6) is 0 Å². The van der Waals surface area contributed by atoms with Crippen molar-refractivity contribution < 1.29 is 24.3 Å². The maximum atomic E-state index is 13.0. The van der Waals surface area contributed by atoms with Gasteiger partial charge in [-0.25, -0.2) is 9.78 Å². The molecule has 3 atom stereocenters. The number of aliphatic carboxylic acids is 1. The van der Waals surface area contributed by atoms with Gasteiger partial charge < -0.3 is 25.9 Å². The topological polar surface area (TPSA) is 147 Å². The number of nitrogens with two attached hydrogens (primary N) is 1. The minimum atomic E-state index is -1.06. The fraction of sp³-hybridized carbons (Fsp3) is 0.611. The number of oxime groups is 1. The Morgan fingerprint density at radius 3 is 2.71 bits per heavy atom. The van der Waals surface area contributed by atoms with E-state index in [2.05, 4.69) is 15.5 Å². The number of hydrogen-bond acceptors (Lipinski definition) is 10. The number of hydrogen-bond donors (Lipinski definition) is 3. The summed E-state index contributed by atoms with van der Waals surface area (Å²) in [6.45, 7) is 3.56. The van der Waals surface area contributed by atoms with Gasteiger partial charge in [0.1, 0.15) is 29.3 Å². The lowest BCUT2D eigenvalue weighted by Gasteiger charge is -2.43. The fourth-order valence-corrected chi connectivity index (χ4v) is 7.10. The van der Waals surface area contributed by atoms with Crippen molar-refractivity contribution in [3.63, 3.8) is 0 Å². The van der Waals surface area contributed by atoms with Gasteiger partial charge in [0, 0.05) is 10.1 Å². The minimum Gasteiger partial charge on any atom is -0.480 e. The predicted molar refractivity (Wildman–Crippen MR) is 120 cm³/mol. The van der Waals surface area contributed by atoms with E-state index in [0.29, 0.717) is 0 Å². The molecule has 1 aromatic rings. The zero-order chi connectivity index (χ0) is 22.3. The van der Waals surface area contributed by atoms with Crippen molar-refractivity contribution in [1.29, 1.82) is 0 Å². The second-order valence-corrected chi connectivity index (χ2v) is 11.9. The van der Waals surface area contributed by atoms with Crippen LogP contribution < -0.4 is 11.1 Å². The molecule has 0 unspecified atom stereocenters. The molecule has 4 N–H and O–H groups in total. The fourth-order valence-electron chi connectivity index (χ4n) is 3.86. The van der Waals surface area contributed by atoms with Crippen molar-refractivity contribution in [2.75, 3.05) is 17.2 Å². The summed E-state index contributed by atoms with van der Waals surface area (Å²) < 4.78 is -0.673. The monoisotopic (exact) mass is 485 g/mol. The van der Waals surface area contributed by atoms with Crippen LogP contribution in [-0.2, 0) is 19.2 Å². The van der Waals surface area contributed by atoms with E-state index in [9.17, 15) is 19.5 Å². The zero-order valence-corrected chi connectivity index (χ0v) is 19.4. The lowest BCUT2D eigenvalue weighted by molar-refractivity contribution is -0.160. The molecule has 168 valence electrons. The number of thiazole rings is 1. The molecular weight excluding hydrogens is 462 g/mol. The lowest BCUT2D eigenvalue weighted by atomic mass is 9.96. The van der Waals surface area contributed by atoms with Crippen molar-refractivity contribution in [2.24, 2.45) is 5.16 Å². The summed E-state index contributed by atoms with van der Waals surface area (Å²) >= 11 is 4.38. The van der Waals surface area contributed by atoms with Gasteiger partial charge in [-0.1, -0.05) is 5.16 Å². The molecule has 3 aliphatic heterocycles. The van der Waals surface area contributed by atoms with Gasteiger partial charge in [-0.3, -0.25) is 9.59 Å². The molecule has 0 aliphatic carbocycles. The minimum absolute atomic E-state index is 0.0468. The molecule has 1 aromatic heterocycles. The molecule has 4 heterocycles. The summed E-state index contributed by atoms with van der Waals surface area (Å²) in [7, 11) is 0. The number of aromatic nitrogens is 1. The highest BCUT2D eigenvalue weighted by atomic mass is 32.2. The molecule has 3 fully saturated rings. The number of rotatable bonds is 6. The van der Waals surface area contributed by atoms with Gasteiger partial charge in [0.2, 0.25) is 5.91 Å². The Kier molecular flexibility index (Phi) is 6.10. The molecule has 0 bridgehead atoms. The first kappa shape index (κ1) is 22.2. The van der Waals surface area contributed by atoms with Crippen molar-refractivity contribution in [1.82, 2.24) is 15.2 Å². The zero-order valence-electron chi connectivity index (χ0n) is 16.9.